The Morgan fingerprint density at radius 1 is 1.30 bits per heavy atom. The molecule has 0 aromatic heterocycles. The first-order chi connectivity index (χ1) is 11.0. The van der Waals surface area contributed by atoms with Gasteiger partial charge in [-0.15, -0.1) is 0 Å². The van der Waals surface area contributed by atoms with Crippen molar-refractivity contribution in [3.8, 4) is 5.75 Å². The molecule has 0 bridgehead atoms. The van der Waals surface area contributed by atoms with E-state index < -0.39 is 11.5 Å². The van der Waals surface area contributed by atoms with Crippen LogP contribution in [-0.4, -0.2) is 42.3 Å². The standard InChI is InChI=1S/C17H21NO5/c1-2-9-23-14-5-3-13(4-6-14)16(21)18-17(12-15(19)20)7-10-22-11-8-17/h2-6H,1,7-12H2,(H,18,21)(H,19,20). The lowest BCUT2D eigenvalue weighted by Crippen LogP contribution is -2.53. The fraction of sp³-hybridized carbons (Fsp3) is 0.412. The topological polar surface area (TPSA) is 84.9 Å². The van der Waals surface area contributed by atoms with Crippen molar-refractivity contribution < 1.29 is 24.2 Å². The molecule has 0 saturated carbocycles. The van der Waals surface area contributed by atoms with E-state index in [0.717, 1.165) is 0 Å². The summed E-state index contributed by atoms with van der Waals surface area (Å²) in [6.07, 6.45) is 2.52. The van der Waals surface area contributed by atoms with Crippen LogP contribution in [0.5, 0.6) is 5.75 Å². The second-order valence-electron chi connectivity index (χ2n) is 5.54. The van der Waals surface area contributed by atoms with E-state index in [-0.39, 0.29) is 12.3 Å². The quantitative estimate of drug-likeness (QED) is 0.751. The molecule has 0 spiro atoms. The second kappa shape index (κ2) is 7.78. The molecule has 1 amide bonds. The van der Waals surface area contributed by atoms with Gasteiger partial charge in [-0.3, -0.25) is 9.59 Å². The smallest absolute Gasteiger partial charge is 0.305 e. The summed E-state index contributed by atoms with van der Waals surface area (Å²) in [5.74, 6) is -0.573. The van der Waals surface area contributed by atoms with E-state index in [2.05, 4.69) is 11.9 Å². The average Bonchev–Trinajstić information content (AvgIpc) is 2.53. The van der Waals surface area contributed by atoms with Crippen LogP contribution in [0.4, 0.5) is 0 Å². The van der Waals surface area contributed by atoms with Gasteiger partial charge < -0.3 is 19.9 Å². The molecule has 1 aromatic rings. The minimum absolute atomic E-state index is 0.109. The lowest BCUT2D eigenvalue weighted by atomic mass is 9.86. The Balaban J connectivity index is 2.05. The van der Waals surface area contributed by atoms with Gasteiger partial charge in [-0.25, -0.2) is 0 Å². The van der Waals surface area contributed by atoms with Crippen molar-refractivity contribution in [2.75, 3.05) is 19.8 Å². The summed E-state index contributed by atoms with van der Waals surface area (Å²) in [4.78, 5) is 23.5. The van der Waals surface area contributed by atoms with Crippen LogP contribution in [0, 0.1) is 0 Å². The van der Waals surface area contributed by atoms with Crippen LogP contribution in [-0.2, 0) is 9.53 Å². The van der Waals surface area contributed by atoms with Crippen LogP contribution in [0.15, 0.2) is 36.9 Å². The van der Waals surface area contributed by atoms with E-state index in [1.807, 2.05) is 0 Å². The molecule has 6 nitrogen and oxygen atoms in total. The molecule has 0 atom stereocenters. The van der Waals surface area contributed by atoms with Crippen LogP contribution < -0.4 is 10.1 Å². The molecule has 0 unspecified atom stereocenters. The highest BCUT2D eigenvalue weighted by atomic mass is 16.5. The number of nitrogens with one attached hydrogen (secondary N) is 1. The van der Waals surface area contributed by atoms with E-state index in [1.165, 1.54) is 0 Å². The number of carboxylic acids is 1. The number of hydrogen-bond donors (Lipinski definition) is 2. The van der Waals surface area contributed by atoms with Gasteiger partial charge in [0.2, 0.25) is 0 Å². The highest BCUT2D eigenvalue weighted by Gasteiger charge is 2.36. The predicted molar refractivity (Wildman–Crippen MR) is 84.6 cm³/mol. The molecule has 1 fully saturated rings. The SMILES string of the molecule is C=CCOc1ccc(C(=O)NC2(CC(=O)O)CCOCC2)cc1. The number of aliphatic carboxylic acids is 1. The van der Waals surface area contributed by atoms with Crippen LogP contribution >= 0.6 is 0 Å². The molecule has 124 valence electrons. The number of hydrogen-bond acceptors (Lipinski definition) is 4. The van der Waals surface area contributed by atoms with E-state index >= 15 is 0 Å². The molecule has 1 aliphatic heterocycles. The summed E-state index contributed by atoms with van der Waals surface area (Å²) in [6, 6.07) is 6.71. The van der Waals surface area contributed by atoms with E-state index in [9.17, 15) is 9.59 Å². The maximum atomic E-state index is 12.4. The number of benzene rings is 1. The zero-order valence-corrected chi connectivity index (χ0v) is 12.9. The van der Waals surface area contributed by atoms with Gasteiger partial charge in [0.25, 0.3) is 5.91 Å². The van der Waals surface area contributed by atoms with Crippen LogP contribution in [0.25, 0.3) is 0 Å². The fourth-order valence-electron chi connectivity index (χ4n) is 2.57. The molecule has 23 heavy (non-hydrogen) atoms. The average molecular weight is 319 g/mol. The maximum Gasteiger partial charge on any atom is 0.305 e. The van der Waals surface area contributed by atoms with Gasteiger partial charge in [0, 0.05) is 18.8 Å². The van der Waals surface area contributed by atoms with Crippen molar-refractivity contribution in [2.24, 2.45) is 0 Å². The molecule has 6 heteroatoms. The Morgan fingerprint density at radius 2 is 1.96 bits per heavy atom. The lowest BCUT2D eigenvalue weighted by Gasteiger charge is -2.36. The van der Waals surface area contributed by atoms with Gasteiger partial charge in [0.1, 0.15) is 12.4 Å². The van der Waals surface area contributed by atoms with Crippen molar-refractivity contribution >= 4 is 11.9 Å². The highest BCUT2D eigenvalue weighted by Crippen LogP contribution is 2.25. The van der Waals surface area contributed by atoms with E-state index in [1.54, 1.807) is 30.3 Å². The summed E-state index contributed by atoms with van der Waals surface area (Å²) < 4.78 is 10.6. The summed E-state index contributed by atoms with van der Waals surface area (Å²) >= 11 is 0. The Hall–Kier alpha value is -2.34. The Morgan fingerprint density at radius 3 is 2.52 bits per heavy atom. The third-order valence-electron chi connectivity index (χ3n) is 3.80. The van der Waals surface area contributed by atoms with Crippen molar-refractivity contribution in [1.29, 1.82) is 0 Å². The number of rotatable bonds is 7. The zero-order valence-electron chi connectivity index (χ0n) is 12.9. The number of ether oxygens (including phenoxy) is 2. The van der Waals surface area contributed by atoms with Crippen molar-refractivity contribution in [1.82, 2.24) is 5.32 Å². The normalized spacial score (nSPS) is 16.3. The summed E-state index contributed by atoms with van der Waals surface area (Å²) in [5, 5.41) is 12.0. The first-order valence-corrected chi connectivity index (χ1v) is 7.50. The minimum atomic E-state index is -0.930. The largest absolute Gasteiger partial charge is 0.490 e. The van der Waals surface area contributed by atoms with Crippen molar-refractivity contribution in [2.45, 2.75) is 24.8 Å². The van der Waals surface area contributed by atoms with Gasteiger partial charge in [0.15, 0.2) is 0 Å². The number of carboxylic acid groups (broad SMARTS) is 1. The predicted octanol–water partition coefficient (Wildman–Crippen LogP) is 2.01. The van der Waals surface area contributed by atoms with Crippen LogP contribution in [0.2, 0.25) is 0 Å². The minimum Gasteiger partial charge on any atom is -0.490 e. The zero-order chi connectivity index (χ0) is 16.7. The molecule has 0 radical (unpaired) electrons. The third-order valence-corrected chi connectivity index (χ3v) is 3.80. The number of amides is 1. The van der Waals surface area contributed by atoms with Gasteiger partial charge in [-0.05, 0) is 37.1 Å². The molecule has 1 saturated heterocycles. The molecule has 1 heterocycles. The molecule has 1 aromatic carbocycles. The Labute approximate surface area is 135 Å². The van der Waals surface area contributed by atoms with Crippen molar-refractivity contribution in [3.63, 3.8) is 0 Å². The lowest BCUT2D eigenvalue weighted by molar-refractivity contribution is -0.139. The number of carbonyl (C=O) groups excluding carboxylic acids is 1. The molecular weight excluding hydrogens is 298 g/mol. The Bertz CT molecular complexity index is 561. The molecule has 2 N–H and O–H groups in total. The van der Waals surface area contributed by atoms with Crippen molar-refractivity contribution in [3.05, 3.63) is 42.5 Å². The maximum absolute atomic E-state index is 12.4. The summed E-state index contributed by atoms with van der Waals surface area (Å²) in [7, 11) is 0. The second-order valence-corrected chi connectivity index (χ2v) is 5.54. The first kappa shape index (κ1) is 17.0. The van der Waals surface area contributed by atoms with Crippen LogP contribution in [0.3, 0.4) is 0 Å². The monoisotopic (exact) mass is 319 g/mol. The highest BCUT2D eigenvalue weighted by molar-refractivity contribution is 5.95. The van der Waals surface area contributed by atoms with E-state index in [4.69, 9.17) is 14.6 Å². The fourth-order valence-corrected chi connectivity index (χ4v) is 2.57. The first-order valence-electron chi connectivity index (χ1n) is 7.50. The summed E-state index contributed by atoms with van der Waals surface area (Å²) in [6.45, 7) is 4.86. The van der Waals surface area contributed by atoms with Gasteiger partial charge >= 0.3 is 5.97 Å². The molecule has 0 aliphatic carbocycles. The molecule has 2 rings (SSSR count). The van der Waals surface area contributed by atoms with Gasteiger partial charge in [-0.2, -0.15) is 0 Å². The van der Waals surface area contributed by atoms with Gasteiger partial charge in [0.05, 0.1) is 12.0 Å². The molecule has 1 aliphatic rings. The number of carbonyl (C=O) groups is 2. The van der Waals surface area contributed by atoms with Crippen LogP contribution in [0.1, 0.15) is 29.6 Å². The molecular formula is C17H21NO5. The van der Waals surface area contributed by atoms with E-state index in [0.29, 0.717) is 44.0 Å². The Kier molecular flexibility index (Phi) is 5.76. The summed E-state index contributed by atoms with van der Waals surface area (Å²) in [5.41, 5.74) is -0.286. The van der Waals surface area contributed by atoms with Gasteiger partial charge in [-0.1, -0.05) is 12.7 Å². The third kappa shape index (κ3) is 4.82.